The fourth-order valence-electron chi connectivity index (χ4n) is 3.59. The van der Waals surface area contributed by atoms with Crippen LogP contribution in [-0.2, 0) is 16.4 Å². The standard InChI is InChI=1S/C24H19Cl2FN2O4S/c1-32-22-12-16-15(8-9-28-21(16)13-23(22)33-2)10-14-6-7-20(19(27)11-14)29-34(30,31)24-17(25)4-3-5-18(24)26/h3-9,11-13,29H,10H2,1-2H3. The molecule has 34 heavy (non-hydrogen) atoms. The monoisotopic (exact) mass is 520 g/mol. The summed E-state index contributed by atoms with van der Waals surface area (Å²) in [6, 6.07) is 14.0. The first-order valence-corrected chi connectivity index (χ1v) is 12.2. The van der Waals surface area contributed by atoms with E-state index < -0.39 is 15.8 Å². The fraction of sp³-hybridized carbons (Fsp3) is 0.125. The van der Waals surface area contributed by atoms with E-state index in [4.69, 9.17) is 32.7 Å². The minimum atomic E-state index is -4.20. The lowest BCUT2D eigenvalue weighted by molar-refractivity contribution is 0.356. The van der Waals surface area contributed by atoms with Gasteiger partial charge in [-0.25, -0.2) is 12.8 Å². The lowest BCUT2D eigenvalue weighted by atomic mass is 10.0. The Bertz CT molecular complexity index is 1480. The van der Waals surface area contributed by atoms with Crippen LogP contribution in [0.25, 0.3) is 10.9 Å². The van der Waals surface area contributed by atoms with Gasteiger partial charge in [-0.05, 0) is 53.9 Å². The van der Waals surface area contributed by atoms with Gasteiger partial charge >= 0.3 is 0 Å². The highest BCUT2D eigenvalue weighted by atomic mass is 35.5. The number of pyridine rings is 1. The van der Waals surface area contributed by atoms with Crippen LogP contribution in [-0.4, -0.2) is 27.6 Å². The number of ether oxygens (including phenoxy) is 2. The van der Waals surface area contributed by atoms with E-state index in [1.54, 1.807) is 32.5 Å². The molecule has 3 aromatic carbocycles. The Morgan fingerprint density at radius 2 is 1.65 bits per heavy atom. The highest BCUT2D eigenvalue weighted by Crippen LogP contribution is 2.34. The highest BCUT2D eigenvalue weighted by Gasteiger charge is 2.23. The second kappa shape index (κ2) is 9.66. The van der Waals surface area contributed by atoms with Gasteiger partial charge in [0.2, 0.25) is 0 Å². The zero-order valence-electron chi connectivity index (χ0n) is 18.1. The minimum Gasteiger partial charge on any atom is -0.493 e. The van der Waals surface area contributed by atoms with Crippen molar-refractivity contribution in [3.63, 3.8) is 0 Å². The van der Waals surface area contributed by atoms with Crippen molar-refractivity contribution in [2.24, 2.45) is 0 Å². The number of methoxy groups -OCH3 is 2. The van der Waals surface area contributed by atoms with E-state index in [1.807, 2.05) is 12.1 Å². The Hall–Kier alpha value is -3.07. The van der Waals surface area contributed by atoms with E-state index in [0.717, 1.165) is 10.9 Å². The molecule has 176 valence electrons. The lowest BCUT2D eigenvalue weighted by Crippen LogP contribution is -2.15. The Morgan fingerprint density at radius 1 is 0.971 bits per heavy atom. The lowest BCUT2D eigenvalue weighted by Gasteiger charge is -2.13. The molecule has 0 radical (unpaired) electrons. The second-order valence-corrected chi connectivity index (χ2v) is 9.78. The summed E-state index contributed by atoms with van der Waals surface area (Å²) in [5.74, 6) is 0.376. The summed E-state index contributed by atoms with van der Waals surface area (Å²) in [5, 5.41) is 0.709. The Morgan fingerprint density at radius 3 is 2.29 bits per heavy atom. The molecular formula is C24H19Cl2FN2O4S. The molecule has 0 atom stereocenters. The van der Waals surface area contributed by atoms with Gasteiger partial charge < -0.3 is 9.47 Å². The number of fused-ring (bicyclic) bond motifs is 1. The number of hydrogen-bond donors (Lipinski definition) is 1. The summed E-state index contributed by atoms with van der Waals surface area (Å²) in [5.41, 5.74) is 2.02. The van der Waals surface area contributed by atoms with Crippen molar-refractivity contribution in [3.8, 4) is 11.5 Å². The van der Waals surface area contributed by atoms with E-state index in [1.165, 1.54) is 30.3 Å². The molecule has 0 aliphatic rings. The van der Waals surface area contributed by atoms with Crippen molar-refractivity contribution in [1.82, 2.24) is 4.98 Å². The predicted molar refractivity (Wildman–Crippen MR) is 131 cm³/mol. The number of halogens is 3. The normalized spacial score (nSPS) is 11.4. The maximum atomic E-state index is 14.9. The minimum absolute atomic E-state index is 0.0614. The third-order valence-electron chi connectivity index (χ3n) is 5.20. The van der Waals surface area contributed by atoms with Gasteiger partial charge in [-0.15, -0.1) is 0 Å². The quantitative estimate of drug-likeness (QED) is 0.319. The van der Waals surface area contributed by atoms with Crippen molar-refractivity contribution < 1.29 is 22.3 Å². The molecule has 0 saturated heterocycles. The van der Waals surface area contributed by atoms with E-state index in [-0.39, 0.29) is 20.6 Å². The number of hydrogen-bond acceptors (Lipinski definition) is 5. The summed E-state index contributed by atoms with van der Waals surface area (Å²) in [4.78, 5) is 4.06. The average Bonchev–Trinajstić information content (AvgIpc) is 2.79. The summed E-state index contributed by atoms with van der Waals surface area (Å²) < 4.78 is 53.3. The van der Waals surface area contributed by atoms with Gasteiger partial charge in [0, 0.05) is 17.6 Å². The van der Waals surface area contributed by atoms with Crippen LogP contribution in [0.1, 0.15) is 11.1 Å². The molecule has 1 heterocycles. The van der Waals surface area contributed by atoms with Gasteiger partial charge in [-0.3, -0.25) is 9.71 Å². The maximum Gasteiger partial charge on any atom is 0.264 e. The Balaban J connectivity index is 1.64. The van der Waals surface area contributed by atoms with Crippen LogP contribution in [0.3, 0.4) is 0 Å². The van der Waals surface area contributed by atoms with Gasteiger partial charge in [0.15, 0.2) is 11.5 Å². The summed E-state index contributed by atoms with van der Waals surface area (Å²) in [7, 11) is -1.11. The second-order valence-electron chi connectivity index (χ2n) is 7.34. The molecule has 0 spiro atoms. The molecule has 0 aliphatic carbocycles. The van der Waals surface area contributed by atoms with Crippen LogP contribution in [0.2, 0.25) is 10.0 Å². The predicted octanol–water partition coefficient (Wildman–Crippen LogP) is 6.09. The number of rotatable bonds is 7. The van der Waals surface area contributed by atoms with Gasteiger partial charge in [0.05, 0.1) is 35.5 Å². The Labute approximate surface area is 206 Å². The van der Waals surface area contributed by atoms with E-state index in [9.17, 15) is 12.8 Å². The molecular weight excluding hydrogens is 502 g/mol. The number of sulfonamides is 1. The third-order valence-corrected chi connectivity index (χ3v) is 7.52. The van der Waals surface area contributed by atoms with Gasteiger partial charge in [-0.2, -0.15) is 0 Å². The van der Waals surface area contributed by atoms with Gasteiger partial charge in [0.1, 0.15) is 10.7 Å². The first-order valence-electron chi connectivity index (χ1n) is 9.98. The van der Waals surface area contributed by atoms with Crippen LogP contribution >= 0.6 is 23.2 Å². The molecule has 0 unspecified atom stereocenters. The fourth-order valence-corrected chi connectivity index (χ4v) is 5.80. The van der Waals surface area contributed by atoms with Gasteiger partial charge in [-0.1, -0.05) is 35.3 Å². The summed E-state index contributed by atoms with van der Waals surface area (Å²) in [6.07, 6.45) is 2.05. The van der Waals surface area contributed by atoms with Crippen LogP contribution in [0.5, 0.6) is 11.5 Å². The van der Waals surface area contributed by atoms with Crippen molar-refractivity contribution in [1.29, 1.82) is 0 Å². The number of nitrogens with one attached hydrogen (secondary N) is 1. The first kappa shape index (κ1) is 24.1. The number of anilines is 1. The molecule has 6 nitrogen and oxygen atoms in total. The van der Waals surface area contributed by atoms with Crippen LogP contribution in [0.4, 0.5) is 10.1 Å². The molecule has 0 saturated carbocycles. The molecule has 1 aromatic heterocycles. The summed E-state index contributed by atoms with van der Waals surface area (Å²) >= 11 is 12.0. The average molecular weight is 521 g/mol. The molecule has 10 heteroatoms. The highest BCUT2D eigenvalue weighted by molar-refractivity contribution is 7.93. The molecule has 0 fully saturated rings. The van der Waals surface area contributed by atoms with E-state index >= 15 is 0 Å². The number of aromatic nitrogens is 1. The maximum absolute atomic E-state index is 14.9. The van der Waals surface area contributed by atoms with Crippen LogP contribution in [0, 0.1) is 5.82 Å². The van der Waals surface area contributed by atoms with Crippen molar-refractivity contribution in [2.75, 3.05) is 18.9 Å². The number of benzene rings is 3. The topological polar surface area (TPSA) is 77.5 Å². The Kier molecular flexibility index (Phi) is 6.84. The van der Waals surface area contributed by atoms with E-state index in [2.05, 4.69) is 9.71 Å². The summed E-state index contributed by atoms with van der Waals surface area (Å²) in [6.45, 7) is 0. The van der Waals surface area contributed by atoms with Crippen molar-refractivity contribution >= 4 is 49.8 Å². The zero-order valence-corrected chi connectivity index (χ0v) is 20.4. The third kappa shape index (κ3) is 4.75. The SMILES string of the molecule is COc1cc2nccc(Cc3ccc(NS(=O)(=O)c4c(Cl)cccc4Cl)c(F)c3)c2cc1OC. The van der Waals surface area contributed by atoms with Gasteiger partial charge in [0.25, 0.3) is 10.0 Å². The largest absolute Gasteiger partial charge is 0.493 e. The zero-order chi connectivity index (χ0) is 24.5. The molecule has 0 amide bonds. The number of nitrogens with zero attached hydrogens (tertiary/aromatic N) is 1. The molecule has 0 bridgehead atoms. The van der Waals surface area contributed by atoms with Crippen LogP contribution < -0.4 is 14.2 Å². The smallest absolute Gasteiger partial charge is 0.264 e. The van der Waals surface area contributed by atoms with Crippen molar-refractivity contribution in [2.45, 2.75) is 11.3 Å². The molecule has 4 aromatic rings. The molecule has 4 rings (SSSR count). The molecule has 0 aliphatic heterocycles. The molecule has 1 N–H and O–H groups in total. The van der Waals surface area contributed by atoms with Crippen LogP contribution in [0.15, 0.2) is 65.7 Å². The van der Waals surface area contributed by atoms with Crippen molar-refractivity contribution in [3.05, 3.63) is 87.8 Å². The first-order chi connectivity index (χ1) is 16.2. The van der Waals surface area contributed by atoms with E-state index in [0.29, 0.717) is 29.0 Å².